The zero-order chi connectivity index (χ0) is 19.3. The number of aryl methyl sites for hydroxylation is 1. The fourth-order valence-electron chi connectivity index (χ4n) is 3.76. The first-order chi connectivity index (χ1) is 13.7. The Morgan fingerprint density at radius 3 is 2.75 bits per heavy atom. The molecule has 0 fully saturated rings. The van der Waals surface area contributed by atoms with Crippen molar-refractivity contribution in [3.63, 3.8) is 0 Å². The first kappa shape index (κ1) is 18.3. The van der Waals surface area contributed by atoms with Gasteiger partial charge in [-0.15, -0.1) is 0 Å². The van der Waals surface area contributed by atoms with Gasteiger partial charge in [0.1, 0.15) is 5.76 Å². The van der Waals surface area contributed by atoms with E-state index in [2.05, 4.69) is 39.8 Å². The highest BCUT2D eigenvalue weighted by molar-refractivity contribution is 5.89. The molecule has 1 unspecified atom stereocenters. The molecule has 0 spiro atoms. The van der Waals surface area contributed by atoms with Crippen molar-refractivity contribution in [2.75, 3.05) is 18.4 Å². The lowest BCUT2D eigenvalue weighted by Gasteiger charge is -2.34. The summed E-state index contributed by atoms with van der Waals surface area (Å²) in [4.78, 5) is 14.8. The lowest BCUT2D eigenvalue weighted by Crippen LogP contribution is -2.41. The van der Waals surface area contributed by atoms with Gasteiger partial charge in [0.25, 0.3) is 0 Å². The van der Waals surface area contributed by atoms with E-state index >= 15 is 0 Å². The fraction of sp³-hybridized carbons (Fsp3) is 0.261. The molecule has 1 aliphatic rings. The van der Waals surface area contributed by atoms with Crippen LogP contribution in [0.5, 0.6) is 0 Å². The summed E-state index contributed by atoms with van der Waals surface area (Å²) in [5, 5.41) is 5.91. The van der Waals surface area contributed by atoms with Crippen molar-refractivity contribution in [2.45, 2.75) is 25.9 Å². The van der Waals surface area contributed by atoms with Crippen LogP contribution in [0, 0.1) is 6.92 Å². The zero-order valence-corrected chi connectivity index (χ0v) is 16.0. The molecule has 2 heterocycles. The first-order valence-electron chi connectivity index (χ1n) is 9.65. The molecule has 2 N–H and O–H groups in total. The number of carbonyl (C=O) groups excluding carboxylic acids is 1. The van der Waals surface area contributed by atoms with E-state index in [4.69, 9.17) is 4.42 Å². The van der Waals surface area contributed by atoms with Crippen LogP contribution in [0.25, 0.3) is 0 Å². The van der Waals surface area contributed by atoms with Crippen LogP contribution in [-0.4, -0.2) is 24.0 Å². The van der Waals surface area contributed by atoms with E-state index < -0.39 is 0 Å². The van der Waals surface area contributed by atoms with Crippen molar-refractivity contribution in [3.05, 3.63) is 89.4 Å². The zero-order valence-electron chi connectivity index (χ0n) is 16.0. The smallest absolute Gasteiger partial charge is 0.319 e. The second-order valence-corrected chi connectivity index (χ2v) is 7.22. The molecule has 1 atom stereocenters. The Morgan fingerprint density at radius 1 is 1.11 bits per heavy atom. The SMILES string of the molecule is Cc1cccc(NC(=O)NCC(c2ccco2)N2CCc3ccccc3C2)c1. The summed E-state index contributed by atoms with van der Waals surface area (Å²) >= 11 is 0. The van der Waals surface area contributed by atoms with E-state index in [9.17, 15) is 4.79 Å². The number of urea groups is 1. The number of nitrogens with zero attached hydrogens (tertiary/aromatic N) is 1. The first-order valence-corrected chi connectivity index (χ1v) is 9.65. The summed E-state index contributed by atoms with van der Waals surface area (Å²) in [6.45, 7) is 4.27. The van der Waals surface area contributed by atoms with Gasteiger partial charge < -0.3 is 15.1 Å². The van der Waals surface area contributed by atoms with Crippen molar-refractivity contribution in [2.24, 2.45) is 0 Å². The summed E-state index contributed by atoms with van der Waals surface area (Å²) in [5.41, 5.74) is 4.65. The predicted octanol–water partition coefficient (Wildman–Crippen LogP) is 4.51. The number of hydrogen-bond donors (Lipinski definition) is 2. The van der Waals surface area contributed by atoms with Gasteiger partial charge in [0.15, 0.2) is 0 Å². The summed E-state index contributed by atoms with van der Waals surface area (Å²) in [6.07, 6.45) is 2.69. The van der Waals surface area contributed by atoms with Gasteiger partial charge in [-0.1, -0.05) is 36.4 Å². The van der Waals surface area contributed by atoms with Gasteiger partial charge in [0, 0.05) is 25.3 Å². The number of carbonyl (C=O) groups is 1. The molecular weight excluding hydrogens is 350 g/mol. The monoisotopic (exact) mass is 375 g/mol. The molecule has 1 aliphatic heterocycles. The Hall–Kier alpha value is -3.05. The van der Waals surface area contributed by atoms with Crippen LogP contribution in [0.1, 0.15) is 28.5 Å². The Balaban J connectivity index is 1.43. The molecule has 28 heavy (non-hydrogen) atoms. The molecule has 5 nitrogen and oxygen atoms in total. The highest BCUT2D eigenvalue weighted by Gasteiger charge is 2.27. The molecule has 144 valence electrons. The Labute approximate surface area is 165 Å². The Kier molecular flexibility index (Phi) is 5.44. The van der Waals surface area contributed by atoms with Crippen molar-refractivity contribution in [3.8, 4) is 0 Å². The second kappa shape index (κ2) is 8.31. The number of nitrogens with one attached hydrogen (secondary N) is 2. The summed E-state index contributed by atoms with van der Waals surface area (Å²) < 4.78 is 5.69. The fourth-order valence-corrected chi connectivity index (χ4v) is 3.76. The van der Waals surface area contributed by atoms with Crippen LogP contribution < -0.4 is 10.6 Å². The second-order valence-electron chi connectivity index (χ2n) is 7.22. The molecule has 2 amide bonds. The van der Waals surface area contributed by atoms with Crippen LogP contribution in [-0.2, 0) is 13.0 Å². The van der Waals surface area contributed by atoms with Crippen molar-refractivity contribution in [1.29, 1.82) is 0 Å². The molecule has 0 radical (unpaired) electrons. The number of rotatable bonds is 5. The molecule has 1 aromatic heterocycles. The van der Waals surface area contributed by atoms with E-state index in [1.165, 1.54) is 11.1 Å². The average Bonchev–Trinajstić information content (AvgIpc) is 3.22. The summed E-state index contributed by atoms with van der Waals surface area (Å²) in [7, 11) is 0. The lowest BCUT2D eigenvalue weighted by atomic mass is 9.98. The van der Waals surface area contributed by atoms with Gasteiger partial charge in [-0.3, -0.25) is 4.90 Å². The highest BCUT2D eigenvalue weighted by atomic mass is 16.3. The number of furan rings is 1. The van der Waals surface area contributed by atoms with Gasteiger partial charge in [0.05, 0.1) is 12.3 Å². The number of hydrogen-bond acceptors (Lipinski definition) is 3. The number of anilines is 1. The number of benzene rings is 2. The van der Waals surface area contributed by atoms with Gasteiger partial charge in [-0.2, -0.15) is 0 Å². The summed E-state index contributed by atoms with van der Waals surface area (Å²) in [6, 6.07) is 20.0. The highest BCUT2D eigenvalue weighted by Crippen LogP contribution is 2.27. The summed E-state index contributed by atoms with van der Waals surface area (Å²) in [5.74, 6) is 0.871. The molecule has 2 aromatic carbocycles. The van der Waals surface area contributed by atoms with Crippen molar-refractivity contribution < 1.29 is 9.21 Å². The van der Waals surface area contributed by atoms with Gasteiger partial charge in [-0.25, -0.2) is 4.79 Å². The van der Waals surface area contributed by atoms with Crippen LogP contribution in [0.2, 0.25) is 0 Å². The maximum atomic E-state index is 12.4. The Bertz CT molecular complexity index is 937. The minimum absolute atomic E-state index is 0.00776. The molecule has 0 aliphatic carbocycles. The average molecular weight is 375 g/mol. The normalized spacial score (nSPS) is 14.9. The van der Waals surface area contributed by atoms with Gasteiger partial charge in [-0.05, 0) is 54.3 Å². The van der Waals surface area contributed by atoms with Gasteiger partial charge in [0.2, 0.25) is 0 Å². The minimum Gasteiger partial charge on any atom is -0.468 e. The largest absolute Gasteiger partial charge is 0.468 e. The quantitative estimate of drug-likeness (QED) is 0.690. The van der Waals surface area contributed by atoms with Crippen molar-refractivity contribution >= 4 is 11.7 Å². The van der Waals surface area contributed by atoms with Crippen LogP contribution >= 0.6 is 0 Å². The molecule has 0 saturated heterocycles. The third-order valence-electron chi connectivity index (χ3n) is 5.20. The minimum atomic E-state index is -0.209. The van der Waals surface area contributed by atoms with Crippen molar-refractivity contribution in [1.82, 2.24) is 10.2 Å². The topological polar surface area (TPSA) is 57.5 Å². The predicted molar refractivity (Wildman–Crippen MR) is 110 cm³/mol. The molecule has 0 saturated carbocycles. The third kappa shape index (κ3) is 4.26. The van der Waals surface area contributed by atoms with Gasteiger partial charge >= 0.3 is 6.03 Å². The van der Waals surface area contributed by atoms with E-state index in [-0.39, 0.29) is 12.1 Å². The molecular formula is C23H25N3O2. The lowest BCUT2D eigenvalue weighted by molar-refractivity contribution is 0.156. The molecule has 5 heteroatoms. The number of fused-ring (bicyclic) bond motifs is 1. The molecule has 4 rings (SSSR count). The van der Waals surface area contributed by atoms with E-state index in [1.54, 1.807) is 6.26 Å². The van der Waals surface area contributed by atoms with E-state index in [0.717, 1.165) is 36.5 Å². The maximum Gasteiger partial charge on any atom is 0.319 e. The van der Waals surface area contributed by atoms with Crippen LogP contribution in [0.15, 0.2) is 71.3 Å². The number of amides is 2. The third-order valence-corrected chi connectivity index (χ3v) is 5.20. The van der Waals surface area contributed by atoms with Crippen LogP contribution in [0.4, 0.5) is 10.5 Å². The molecule has 0 bridgehead atoms. The van der Waals surface area contributed by atoms with E-state index in [1.807, 2.05) is 43.3 Å². The molecule has 3 aromatic rings. The van der Waals surface area contributed by atoms with E-state index in [0.29, 0.717) is 6.54 Å². The van der Waals surface area contributed by atoms with Crippen LogP contribution in [0.3, 0.4) is 0 Å². The maximum absolute atomic E-state index is 12.4. The Morgan fingerprint density at radius 2 is 1.96 bits per heavy atom. The standard InChI is InChI=1S/C23H25N3O2/c1-17-6-4-9-20(14-17)25-23(27)24-15-21(22-10-5-13-28-22)26-12-11-18-7-2-3-8-19(18)16-26/h2-10,13-14,21H,11-12,15-16H2,1H3,(H2,24,25,27).